The molecule has 0 fully saturated rings. The van der Waals surface area contributed by atoms with Crippen molar-refractivity contribution in [3.8, 4) is 5.75 Å². The van der Waals surface area contributed by atoms with E-state index in [-0.39, 0.29) is 0 Å². The van der Waals surface area contributed by atoms with Crippen LogP contribution < -0.4 is 4.74 Å². The van der Waals surface area contributed by atoms with Gasteiger partial charge in [0, 0.05) is 15.8 Å². The second kappa shape index (κ2) is 9.00. The van der Waals surface area contributed by atoms with Gasteiger partial charge in [0.2, 0.25) is 5.16 Å². The Balaban J connectivity index is 1.73. The second-order valence-corrected chi connectivity index (χ2v) is 7.45. The van der Waals surface area contributed by atoms with Gasteiger partial charge in [0.15, 0.2) is 0 Å². The smallest absolute Gasteiger partial charge is 0.212 e. The minimum Gasteiger partial charge on any atom is -0.493 e. The van der Waals surface area contributed by atoms with Crippen molar-refractivity contribution in [2.75, 3.05) is 6.61 Å². The van der Waals surface area contributed by atoms with E-state index in [1.54, 1.807) is 29.0 Å². The topological polar surface area (TPSA) is 52.3 Å². The van der Waals surface area contributed by atoms with Crippen molar-refractivity contribution in [3.63, 3.8) is 0 Å². The molecule has 1 aromatic heterocycles. The molecule has 134 valence electrons. The molecule has 0 amide bonds. The number of aromatic nitrogens is 3. The Labute approximate surface area is 165 Å². The summed E-state index contributed by atoms with van der Waals surface area (Å²) >= 11 is 5.08. The molecule has 0 atom stereocenters. The van der Waals surface area contributed by atoms with E-state index in [4.69, 9.17) is 4.74 Å². The van der Waals surface area contributed by atoms with Crippen LogP contribution in [0.2, 0.25) is 0 Å². The highest BCUT2D eigenvalue weighted by Gasteiger charge is 2.06. The molecule has 0 aliphatic carbocycles. The fourth-order valence-electron chi connectivity index (χ4n) is 2.26. The lowest BCUT2D eigenvalue weighted by molar-refractivity contribution is 0.339. The molecule has 0 saturated carbocycles. The van der Waals surface area contributed by atoms with Crippen LogP contribution >= 0.6 is 27.7 Å². The average Bonchev–Trinajstić information content (AvgIpc) is 3.09. The van der Waals surface area contributed by atoms with Gasteiger partial charge in [0.1, 0.15) is 12.1 Å². The Kier molecular flexibility index (Phi) is 6.46. The third-order valence-corrected chi connectivity index (χ3v) is 5.08. The Morgan fingerprint density at radius 1 is 1.23 bits per heavy atom. The zero-order chi connectivity index (χ0) is 18.4. The van der Waals surface area contributed by atoms with Gasteiger partial charge in [-0.25, -0.2) is 0 Å². The summed E-state index contributed by atoms with van der Waals surface area (Å²) in [6, 6.07) is 14.3. The summed E-state index contributed by atoms with van der Waals surface area (Å²) in [7, 11) is 0. The first-order valence-corrected chi connectivity index (χ1v) is 9.98. The van der Waals surface area contributed by atoms with Crippen molar-refractivity contribution >= 4 is 33.9 Å². The van der Waals surface area contributed by atoms with Crippen molar-refractivity contribution in [2.45, 2.75) is 24.8 Å². The number of aryl methyl sites for hydroxylation is 1. The predicted octanol–water partition coefficient (Wildman–Crippen LogP) is 4.92. The Morgan fingerprint density at radius 2 is 2.04 bits per heavy atom. The molecule has 0 aliphatic rings. The first-order valence-electron chi connectivity index (χ1n) is 8.21. The van der Waals surface area contributed by atoms with Gasteiger partial charge in [-0.1, -0.05) is 57.5 Å². The van der Waals surface area contributed by atoms with E-state index in [0.29, 0.717) is 6.61 Å². The van der Waals surface area contributed by atoms with Crippen LogP contribution in [-0.4, -0.2) is 27.7 Å². The number of thioether (sulfide) groups is 1. The van der Waals surface area contributed by atoms with Gasteiger partial charge in [-0.2, -0.15) is 9.78 Å². The van der Waals surface area contributed by atoms with Crippen molar-refractivity contribution in [3.05, 3.63) is 70.0 Å². The first kappa shape index (κ1) is 18.7. The molecule has 26 heavy (non-hydrogen) atoms. The first-order chi connectivity index (χ1) is 12.7. The van der Waals surface area contributed by atoms with Gasteiger partial charge in [-0.15, -0.1) is 10.2 Å². The lowest BCUT2D eigenvalue weighted by Gasteiger charge is -2.07. The molecule has 0 radical (unpaired) electrons. The number of hydrogen-bond donors (Lipinski definition) is 0. The molecule has 0 aliphatic heterocycles. The van der Waals surface area contributed by atoms with Gasteiger partial charge in [0.25, 0.3) is 0 Å². The van der Waals surface area contributed by atoms with E-state index in [2.05, 4.69) is 62.4 Å². The molecule has 7 heteroatoms. The summed E-state index contributed by atoms with van der Waals surface area (Å²) in [6.07, 6.45) is 3.36. The Bertz CT molecular complexity index is 893. The zero-order valence-corrected chi connectivity index (χ0v) is 17.0. The number of benzene rings is 2. The van der Waals surface area contributed by atoms with E-state index in [9.17, 15) is 0 Å². The molecule has 1 heterocycles. The van der Waals surface area contributed by atoms with Crippen LogP contribution in [0.1, 0.15) is 23.6 Å². The second-order valence-electron chi connectivity index (χ2n) is 5.59. The molecule has 3 rings (SSSR count). The summed E-state index contributed by atoms with van der Waals surface area (Å²) in [5, 5.41) is 13.4. The van der Waals surface area contributed by atoms with E-state index in [1.165, 1.54) is 11.1 Å². The number of ether oxygens (including phenoxy) is 1. The van der Waals surface area contributed by atoms with Crippen LogP contribution in [0.5, 0.6) is 5.75 Å². The normalized spacial score (nSPS) is 11.2. The monoisotopic (exact) mass is 430 g/mol. The molecule has 2 aromatic carbocycles. The molecule has 0 bridgehead atoms. The lowest BCUT2D eigenvalue weighted by Crippen LogP contribution is -1.98. The van der Waals surface area contributed by atoms with Crippen LogP contribution in [0.25, 0.3) is 0 Å². The molecular formula is C19H19BrN4OS. The van der Waals surface area contributed by atoms with Crippen molar-refractivity contribution in [1.82, 2.24) is 14.9 Å². The molecule has 0 spiro atoms. The van der Waals surface area contributed by atoms with Gasteiger partial charge >= 0.3 is 0 Å². The van der Waals surface area contributed by atoms with Gasteiger partial charge in [-0.3, -0.25) is 0 Å². The Morgan fingerprint density at radius 3 is 2.81 bits per heavy atom. The SMILES string of the molecule is CCOc1ccc(Br)cc1/C=N\n1cnnc1SCc1ccc(C)cc1. The summed E-state index contributed by atoms with van der Waals surface area (Å²) in [6.45, 7) is 4.65. The maximum absolute atomic E-state index is 5.65. The van der Waals surface area contributed by atoms with Crippen LogP contribution in [0, 0.1) is 6.92 Å². The molecule has 5 nitrogen and oxygen atoms in total. The third-order valence-electron chi connectivity index (χ3n) is 3.58. The highest BCUT2D eigenvalue weighted by Crippen LogP contribution is 2.23. The van der Waals surface area contributed by atoms with Crippen molar-refractivity contribution < 1.29 is 4.74 Å². The van der Waals surface area contributed by atoms with Crippen LogP contribution in [0.3, 0.4) is 0 Å². The fraction of sp³-hybridized carbons (Fsp3) is 0.211. The largest absolute Gasteiger partial charge is 0.493 e. The number of halogens is 1. The molecule has 3 aromatic rings. The van der Waals surface area contributed by atoms with Crippen molar-refractivity contribution in [1.29, 1.82) is 0 Å². The third kappa shape index (κ3) is 4.95. The van der Waals surface area contributed by atoms with E-state index in [0.717, 1.165) is 26.7 Å². The molecule has 0 saturated heterocycles. The minimum absolute atomic E-state index is 0.604. The number of rotatable bonds is 7. The predicted molar refractivity (Wildman–Crippen MR) is 109 cm³/mol. The highest BCUT2D eigenvalue weighted by atomic mass is 79.9. The quantitative estimate of drug-likeness (QED) is 0.394. The van der Waals surface area contributed by atoms with Gasteiger partial charge in [0.05, 0.1) is 12.8 Å². The molecule has 0 N–H and O–H groups in total. The molecule has 0 unspecified atom stereocenters. The standard InChI is InChI=1S/C19H19BrN4OS/c1-3-25-18-9-8-17(20)10-16(18)11-22-24-13-21-23-19(24)26-12-15-6-4-14(2)5-7-15/h4-11,13H,3,12H2,1-2H3/b22-11-. The van der Waals surface area contributed by atoms with E-state index >= 15 is 0 Å². The average molecular weight is 431 g/mol. The summed E-state index contributed by atoms with van der Waals surface area (Å²) in [5.74, 6) is 1.61. The zero-order valence-electron chi connectivity index (χ0n) is 14.6. The van der Waals surface area contributed by atoms with Crippen LogP contribution in [0.15, 0.2) is 63.5 Å². The summed E-state index contributed by atoms with van der Waals surface area (Å²) in [5.41, 5.74) is 3.39. The van der Waals surface area contributed by atoms with Crippen molar-refractivity contribution in [2.24, 2.45) is 5.10 Å². The number of nitrogens with zero attached hydrogens (tertiary/aromatic N) is 4. The summed E-state index contributed by atoms with van der Waals surface area (Å²) in [4.78, 5) is 0. The minimum atomic E-state index is 0.604. The van der Waals surface area contributed by atoms with E-state index in [1.807, 2.05) is 25.1 Å². The van der Waals surface area contributed by atoms with Gasteiger partial charge in [-0.05, 0) is 37.6 Å². The lowest BCUT2D eigenvalue weighted by atomic mass is 10.2. The van der Waals surface area contributed by atoms with E-state index < -0.39 is 0 Å². The van der Waals surface area contributed by atoms with Crippen LogP contribution in [0.4, 0.5) is 0 Å². The number of hydrogen-bond acceptors (Lipinski definition) is 5. The maximum atomic E-state index is 5.65. The summed E-state index contributed by atoms with van der Waals surface area (Å²) < 4.78 is 8.30. The highest BCUT2D eigenvalue weighted by molar-refractivity contribution is 9.10. The van der Waals surface area contributed by atoms with Gasteiger partial charge < -0.3 is 4.74 Å². The molecular weight excluding hydrogens is 412 g/mol. The maximum Gasteiger partial charge on any atom is 0.212 e. The van der Waals surface area contributed by atoms with Crippen LogP contribution in [-0.2, 0) is 5.75 Å². The Hall–Kier alpha value is -2.12. The fourth-order valence-corrected chi connectivity index (χ4v) is 3.46.